The van der Waals surface area contributed by atoms with Crippen LogP contribution in [0.5, 0.6) is 0 Å². The van der Waals surface area contributed by atoms with Crippen LogP contribution in [0.25, 0.3) is 89.5 Å². The lowest BCUT2D eigenvalue weighted by molar-refractivity contribution is 0.669. The summed E-state index contributed by atoms with van der Waals surface area (Å²) < 4.78 is 102. The topological polar surface area (TPSA) is 51.8 Å². The van der Waals surface area contributed by atoms with E-state index in [9.17, 15) is 2.74 Å². The van der Waals surface area contributed by atoms with E-state index in [4.69, 9.17) is 31.7 Å². The normalized spacial score (nSPS) is 14.4. The zero-order chi connectivity index (χ0) is 42.1. The van der Waals surface area contributed by atoms with E-state index in [1.807, 2.05) is 109 Å². The molecule has 0 N–H and O–H groups in total. The third kappa shape index (κ3) is 5.45. The van der Waals surface area contributed by atoms with Crippen molar-refractivity contribution < 1.29 is 19.5 Å². The highest BCUT2D eigenvalue weighted by Crippen LogP contribution is 2.38. The van der Waals surface area contributed by atoms with E-state index in [1.54, 1.807) is 0 Å². The number of furan rings is 1. The highest BCUT2D eigenvalue weighted by Gasteiger charge is 2.18. The maximum atomic E-state index is 9.22. The van der Waals surface area contributed by atoms with E-state index in [2.05, 4.69) is 0 Å². The molecule has 7 aromatic carbocycles. The van der Waals surface area contributed by atoms with Gasteiger partial charge in [0, 0.05) is 21.9 Å². The fourth-order valence-electron chi connectivity index (χ4n) is 5.73. The van der Waals surface area contributed by atoms with Crippen LogP contribution in [-0.2, 0) is 0 Å². The van der Waals surface area contributed by atoms with E-state index in [1.165, 1.54) is 0 Å². The number of nitrogens with zero attached hydrogens (tertiary/aromatic N) is 3. The van der Waals surface area contributed by atoms with Gasteiger partial charge in [-0.15, -0.1) is 0 Å². The Labute approximate surface area is 299 Å². The van der Waals surface area contributed by atoms with Crippen LogP contribution in [0.2, 0.25) is 0 Å². The van der Waals surface area contributed by atoms with Crippen molar-refractivity contribution in [1.29, 1.82) is 0 Å². The largest absolute Gasteiger partial charge is 0.455 e. The van der Waals surface area contributed by atoms with Gasteiger partial charge in [-0.05, 0) is 57.6 Å². The van der Waals surface area contributed by atoms with Gasteiger partial charge in [0.15, 0.2) is 17.5 Å². The third-order valence-corrected chi connectivity index (χ3v) is 8.15. The summed E-state index contributed by atoms with van der Waals surface area (Å²) in [6, 6.07) is 28.1. The number of fused-ring (bicyclic) bond motifs is 3. The fourth-order valence-corrected chi connectivity index (χ4v) is 5.73. The fraction of sp³-hybridized carbons (Fsp3) is 0. The average Bonchev–Trinajstić information content (AvgIpc) is 3.69. The Morgan fingerprint density at radius 2 is 1.02 bits per heavy atom. The molecule has 0 amide bonds. The first kappa shape index (κ1) is 19.2. The van der Waals surface area contributed by atoms with Crippen LogP contribution >= 0.6 is 0 Å². The van der Waals surface area contributed by atoms with Crippen molar-refractivity contribution in [1.82, 2.24) is 15.0 Å². The van der Waals surface area contributed by atoms with Crippen molar-refractivity contribution in [3.8, 4) is 67.5 Å². The van der Waals surface area contributed by atoms with E-state index >= 15 is 0 Å². The lowest BCUT2D eigenvalue weighted by atomic mass is 10.0. The first-order valence-electron chi connectivity index (χ1n) is 21.0. The SMILES string of the molecule is [2H]c1c([2H])c([2H])c(-c2c([2H])c([2H])c3c(oc4c(-c5nc(-c6ccc(-c7ccccc7)cc6)nc(-c6cccc(-c7ccccc7)c6)n5)c([2H])c([2H])c([2H])c43)c2[2H])c([2H])c1[2H]. The van der Waals surface area contributed by atoms with E-state index < -0.39 is 77.6 Å². The van der Waals surface area contributed by atoms with Gasteiger partial charge in [0.2, 0.25) is 0 Å². The molecule has 0 aliphatic rings. The summed E-state index contributed by atoms with van der Waals surface area (Å²) in [6.45, 7) is 0. The molecule has 2 aromatic heterocycles. The minimum Gasteiger partial charge on any atom is -0.455 e. The minimum atomic E-state index is -0.681. The Morgan fingerprint density at radius 1 is 0.408 bits per heavy atom. The van der Waals surface area contributed by atoms with Crippen molar-refractivity contribution in [2.75, 3.05) is 0 Å². The molecule has 0 radical (unpaired) electrons. The van der Waals surface area contributed by atoms with Crippen molar-refractivity contribution in [3.05, 3.63) is 176 Å². The maximum Gasteiger partial charge on any atom is 0.167 e. The van der Waals surface area contributed by atoms with Gasteiger partial charge in [-0.1, -0.05) is 151 Å². The van der Waals surface area contributed by atoms with Crippen LogP contribution in [0.4, 0.5) is 0 Å². The quantitative estimate of drug-likeness (QED) is 0.182. The summed E-state index contributed by atoms with van der Waals surface area (Å²) in [5, 5.41) is -0.320. The molecule has 230 valence electrons. The Kier molecular flexibility index (Phi) is 4.78. The predicted molar refractivity (Wildman–Crippen MR) is 200 cm³/mol. The predicted octanol–water partition coefficient (Wildman–Crippen LogP) is 11.8. The van der Waals surface area contributed by atoms with Gasteiger partial charge in [-0.2, -0.15) is 0 Å². The summed E-state index contributed by atoms with van der Waals surface area (Å²) in [7, 11) is 0. The molecule has 49 heavy (non-hydrogen) atoms. The second kappa shape index (κ2) is 12.2. The summed E-state index contributed by atoms with van der Waals surface area (Å²) in [5.41, 5.74) is 3.49. The molecule has 0 atom stereocenters. The molecular formula is C45H29N3O. The molecular weight excluding hydrogens is 599 g/mol. The van der Waals surface area contributed by atoms with E-state index in [0.29, 0.717) is 11.1 Å². The van der Waals surface area contributed by atoms with Crippen LogP contribution in [-0.4, -0.2) is 15.0 Å². The molecule has 9 rings (SSSR count). The average molecular weight is 639 g/mol. The van der Waals surface area contributed by atoms with Gasteiger partial charge in [0.05, 0.1) is 20.6 Å². The Morgan fingerprint density at radius 3 is 1.78 bits per heavy atom. The van der Waals surface area contributed by atoms with Gasteiger partial charge in [-0.25, -0.2) is 15.0 Å². The zero-order valence-electron chi connectivity index (χ0n) is 36.6. The highest BCUT2D eigenvalue weighted by molar-refractivity contribution is 6.10. The van der Waals surface area contributed by atoms with Crippen molar-refractivity contribution in [3.63, 3.8) is 0 Å². The lowest BCUT2D eigenvalue weighted by Crippen LogP contribution is -2.00. The Hall–Kier alpha value is -6.65. The second-order valence-electron chi connectivity index (χ2n) is 11.2. The number of rotatable bonds is 6. The smallest absolute Gasteiger partial charge is 0.167 e. The molecule has 2 heterocycles. The molecule has 4 nitrogen and oxygen atoms in total. The minimum absolute atomic E-state index is 0.0928. The third-order valence-electron chi connectivity index (χ3n) is 8.15. The molecule has 0 aliphatic heterocycles. The molecule has 0 aliphatic carbocycles. The molecule has 0 saturated heterocycles. The van der Waals surface area contributed by atoms with E-state index in [0.717, 1.165) is 22.3 Å². The standard InChI is InChI=1S/C45H29N3O/c1-4-12-30(13-5-1)33-22-24-34(25-23-33)43-46-44(37-19-10-18-35(28-37)31-14-6-2-7-15-31)48-45(47-43)40-21-11-20-39-38-27-26-36(29-41(38)49-42(39)40)32-16-8-3-9-17-32/h1-29H/i3D,8D,9D,11D,16D,17D,20D,21D,26D,27D,29D. The van der Waals surface area contributed by atoms with Gasteiger partial charge in [-0.3, -0.25) is 0 Å². The molecule has 0 unspecified atom stereocenters. The number of hydrogen-bond donors (Lipinski definition) is 0. The summed E-state index contributed by atoms with van der Waals surface area (Å²) >= 11 is 0. The number of hydrogen-bond acceptors (Lipinski definition) is 4. The Balaban J connectivity index is 1.32. The second-order valence-corrected chi connectivity index (χ2v) is 11.2. The van der Waals surface area contributed by atoms with Crippen LogP contribution in [0.15, 0.2) is 180 Å². The maximum absolute atomic E-state index is 9.22. The molecule has 4 heteroatoms. The monoisotopic (exact) mass is 638 g/mol. The number of para-hydroxylation sites is 1. The van der Waals surface area contributed by atoms with Gasteiger partial charge in [0.25, 0.3) is 0 Å². The summed E-state index contributed by atoms with van der Waals surface area (Å²) in [6.07, 6.45) is 0. The number of benzene rings is 7. The summed E-state index contributed by atoms with van der Waals surface area (Å²) in [5.74, 6) is 0.360. The molecule has 0 spiro atoms. The summed E-state index contributed by atoms with van der Waals surface area (Å²) in [4.78, 5) is 14.6. The Bertz CT molecular complexity index is 3180. The molecule has 0 bridgehead atoms. The first-order chi connectivity index (χ1) is 28.8. The zero-order valence-corrected chi connectivity index (χ0v) is 25.6. The van der Waals surface area contributed by atoms with Crippen LogP contribution < -0.4 is 0 Å². The van der Waals surface area contributed by atoms with Crippen LogP contribution in [0.1, 0.15) is 15.1 Å². The van der Waals surface area contributed by atoms with E-state index in [-0.39, 0.29) is 45.0 Å². The molecule has 0 fully saturated rings. The van der Waals surface area contributed by atoms with Crippen molar-refractivity contribution >= 4 is 21.9 Å². The lowest BCUT2D eigenvalue weighted by Gasteiger charge is -2.10. The van der Waals surface area contributed by atoms with Gasteiger partial charge in [0.1, 0.15) is 11.2 Å². The molecule has 9 aromatic rings. The van der Waals surface area contributed by atoms with Crippen LogP contribution in [0.3, 0.4) is 0 Å². The van der Waals surface area contributed by atoms with Gasteiger partial charge < -0.3 is 4.42 Å². The molecule has 0 saturated carbocycles. The number of aromatic nitrogens is 3. The van der Waals surface area contributed by atoms with Crippen molar-refractivity contribution in [2.24, 2.45) is 0 Å². The van der Waals surface area contributed by atoms with Crippen LogP contribution in [0, 0.1) is 0 Å². The van der Waals surface area contributed by atoms with Crippen molar-refractivity contribution in [2.45, 2.75) is 0 Å². The van der Waals surface area contributed by atoms with Gasteiger partial charge >= 0.3 is 0 Å². The highest BCUT2D eigenvalue weighted by atomic mass is 16.3. The first-order valence-corrected chi connectivity index (χ1v) is 15.5.